The van der Waals surface area contributed by atoms with E-state index in [0.29, 0.717) is 25.9 Å². The summed E-state index contributed by atoms with van der Waals surface area (Å²) in [7, 11) is -0.309. The number of fused-ring (bicyclic) bond motifs is 1. The van der Waals surface area contributed by atoms with Crippen LogP contribution in [0.3, 0.4) is 0 Å². The molecule has 0 aromatic heterocycles. The molecular formula is C18H29N3O3S. The van der Waals surface area contributed by atoms with Gasteiger partial charge in [0.05, 0.1) is 5.60 Å². The molecule has 0 radical (unpaired) electrons. The van der Waals surface area contributed by atoms with Crippen molar-refractivity contribution >= 4 is 10.2 Å². The average molecular weight is 368 g/mol. The quantitative estimate of drug-likeness (QED) is 0.864. The second kappa shape index (κ2) is 6.96. The van der Waals surface area contributed by atoms with E-state index in [-0.39, 0.29) is 5.92 Å². The first-order valence-corrected chi connectivity index (χ1v) is 10.3. The molecule has 2 aliphatic heterocycles. The lowest BCUT2D eigenvalue weighted by Crippen LogP contribution is -2.61. The predicted molar refractivity (Wildman–Crippen MR) is 98.3 cm³/mol. The highest BCUT2D eigenvalue weighted by Gasteiger charge is 2.47. The van der Waals surface area contributed by atoms with E-state index in [1.165, 1.54) is 19.7 Å². The summed E-state index contributed by atoms with van der Waals surface area (Å²) in [6, 6.07) is 8.50. The molecule has 0 bridgehead atoms. The van der Waals surface area contributed by atoms with Gasteiger partial charge in [0, 0.05) is 52.7 Å². The maximum absolute atomic E-state index is 12.4. The van der Waals surface area contributed by atoms with Crippen molar-refractivity contribution in [2.45, 2.75) is 31.9 Å². The number of aliphatic hydroxyl groups is 1. The maximum atomic E-state index is 12.4. The van der Waals surface area contributed by atoms with Gasteiger partial charge in [-0.05, 0) is 25.3 Å². The smallest absolute Gasteiger partial charge is 0.281 e. The number of piperidine rings is 2. The first-order chi connectivity index (χ1) is 11.7. The third kappa shape index (κ3) is 3.90. The zero-order valence-corrected chi connectivity index (χ0v) is 16.2. The molecule has 25 heavy (non-hydrogen) atoms. The third-order valence-electron chi connectivity index (χ3n) is 5.63. The number of hydrogen-bond donors (Lipinski definition) is 1. The highest BCUT2D eigenvalue weighted by Crippen LogP contribution is 2.36. The van der Waals surface area contributed by atoms with Crippen molar-refractivity contribution < 1.29 is 13.5 Å². The van der Waals surface area contributed by atoms with E-state index < -0.39 is 15.8 Å². The molecule has 1 aromatic rings. The van der Waals surface area contributed by atoms with Crippen LogP contribution in [0.25, 0.3) is 0 Å². The first-order valence-electron chi connectivity index (χ1n) is 8.88. The van der Waals surface area contributed by atoms with Crippen LogP contribution in [0.1, 0.15) is 24.0 Å². The molecule has 0 amide bonds. The van der Waals surface area contributed by atoms with Gasteiger partial charge < -0.3 is 5.11 Å². The van der Waals surface area contributed by atoms with Crippen LogP contribution in [-0.2, 0) is 16.8 Å². The van der Waals surface area contributed by atoms with Crippen LogP contribution in [0.15, 0.2) is 24.3 Å². The average Bonchev–Trinajstić information content (AvgIpc) is 2.56. The molecule has 6 nitrogen and oxygen atoms in total. The van der Waals surface area contributed by atoms with Crippen LogP contribution in [0, 0.1) is 12.8 Å². The number of likely N-dealkylation sites (tertiary alicyclic amines) is 1. The normalized spacial score (nSPS) is 28.9. The largest absolute Gasteiger partial charge is 0.389 e. The van der Waals surface area contributed by atoms with E-state index in [9.17, 15) is 13.5 Å². The Hall–Kier alpha value is -0.990. The van der Waals surface area contributed by atoms with Crippen LogP contribution in [0.4, 0.5) is 0 Å². The lowest BCUT2D eigenvalue weighted by molar-refractivity contribution is -0.103. The molecule has 0 aliphatic carbocycles. The molecule has 2 heterocycles. The molecule has 2 aliphatic rings. The number of hydrogen-bond acceptors (Lipinski definition) is 4. The summed E-state index contributed by atoms with van der Waals surface area (Å²) >= 11 is 0. The summed E-state index contributed by atoms with van der Waals surface area (Å²) in [5.74, 6) is -0.0461. The molecule has 0 unspecified atom stereocenters. The minimum absolute atomic E-state index is 0.0461. The topological polar surface area (TPSA) is 64.1 Å². The molecule has 7 heteroatoms. The fraction of sp³-hybridized carbons (Fsp3) is 0.667. The van der Waals surface area contributed by atoms with E-state index in [1.807, 2.05) is 0 Å². The van der Waals surface area contributed by atoms with E-state index in [2.05, 4.69) is 36.1 Å². The summed E-state index contributed by atoms with van der Waals surface area (Å²) in [4.78, 5) is 2.33. The fourth-order valence-corrected chi connectivity index (χ4v) is 5.03. The Labute approximate surface area is 151 Å². The van der Waals surface area contributed by atoms with Gasteiger partial charge in [-0.3, -0.25) is 4.90 Å². The molecule has 2 saturated heterocycles. The van der Waals surface area contributed by atoms with Gasteiger partial charge in [0.2, 0.25) is 0 Å². The molecule has 0 saturated carbocycles. The van der Waals surface area contributed by atoms with Crippen LogP contribution in [0.5, 0.6) is 0 Å². The van der Waals surface area contributed by atoms with Gasteiger partial charge >= 0.3 is 0 Å². The Morgan fingerprint density at radius 1 is 1.16 bits per heavy atom. The van der Waals surface area contributed by atoms with Gasteiger partial charge in [0.1, 0.15) is 0 Å². The van der Waals surface area contributed by atoms with E-state index >= 15 is 0 Å². The van der Waals surface area contributed by atoms with Crippen molar-refractivity contribution in [2.75, 3.05) is 40.3 Å². The second-order valence-electron chi connectivity index (χ2n) is 7.67. The van der Waals surface area contributed by atoms with Crippen molar-refractivity contribution in [3.05, 3.63) is 35.4 Å². The zero-order valence-electron chi connectivity index (χ0n) is 15.4. The maximum Gasteiger partial charge on any atom is 0.281 e. The number of aryl methyl sites for hydroxylation is 1. The van der Waals surface area contributed by atoms with Gasteiger partial charge in [0.25, 0.3) is 10.2 Å². The molecule has 1 N–H and O–H groups in total. The molecule has 1 aromatic carbocycles. The number of nitrogens with zero attached hydrogens (tertiary/aromatic N) is 3. The lowest BCUT2D eigenvalue weighted by atomic mass is 9.76. The molecule has 140 valence electrons. The van der Waals surface area contributed by atoms with E-state index in [4.69, 9.17) is 0 Å². The molecule has 2 fully saturated rings. The molecule has 0 spiro atoms. The highest BCUT2D eigenvalue weighted by molar-refractivity contribution is 7.86. The second-order valence-corrected chi connectivity index (χ2v) is 9.81. The van der Waals surface area contributed by atoms with Crippen molar-refractivity contribution in [3.8, 4) is 0 Å². The van der Waals surface area contributed by atoms with Gasteiger partial charge in [0.15, 0.2) is 0 Å². The van der Waals surface area contributed by atoms with E-state index in [1.54, 1.807) is 14.1 Å². The van der Waals surface area contributed by atoms with Crippen LogP contribution in [0.2, 0.25) is 0 Å². The van der Waals surface area contributed by atoms with Crippen molar-refractivity contribution in [3.63, 3.8) is 0 Å². The predicted octanol–water partition coefficient (Wildman–Crippen LogP) is 1.06. The standard InChI is InChI=1S/C18H29N3O3S/c1-15-4-6-16(7-5-15)12-20-10-8-18(22)9-11-21(14-17(18)13-20)25(23,24)19(2)3/h4-7,17,22H,8-14H2,1-3H3/t17-,18-/m0/s1. The van der Waals surface area contributed by atoms with Gasteiger partial charge in [-0.2, -0.15) is 17.0 Å². The number of rotatable bonds is 4. The van der Waals surface area contributed by atoms with E-state index in [0.717, 1.165) is 19.6 Å². The minimum atomic E-state index is -3.42. The third-order valence-corrected chi connectivity index (χ3v) is 7.54. The number of benzene rings is 1. The summed E-state index contributed by atoms with van der Waals surface area (Å²) < 4.78 is 27.6. The van der Waals surface area contributed by atoms with Gasteiger partial charge in [-0.15, -0.1) is 0 Å². The Balaban J connectivity index is 1.69. The van der Waals surface area contributed by atoms with Gasteiger partial charge in [-0.25, -0.2) is 0 Å². The van der Waals surface area contributed by atoms with Crippen molar-refractivity contribution in [1.29, 1.82) is 0 Å². The first kappa shape index (κ1) is 18.8. The summed E-state index contributed by atoms with van der Waals surface area (Å²) in [6.07, 6.45) is 1.22. The summed E-state index contributed by atoms with van der Waals surface area (Å²) in [6.45, 7) is 5.28. The Morgan fingerprint density at radius 3 is 2.44 bits per heavy atom. The fourth-order valence-electron chi connectivity index (χ4n) is 3.88. The Kier molecular flexibility index (Phi) is 5.23. The van der Waals surface area contributed by atoms with Crippen molar-refractivity contribution in [1.82, 2.24) is 13.5 Å². The van der Waals surface area contributed by atoms with Crippen LogP contribution in [-0.4, -0.2) is 72.9 Å². The monoisotopic (exact) mass is 367 g/mol. The zero-order chi connectivity index (χ0) is 18.2. The summed E-state index contributed by atoms with van der Waals surface area (Å²) in [5, 5.41) is 11.0. The molecular weight excluding hydrogens is 338 g/mol. The Bertz CT molecular complexity index is 705. The molecule has 2 atom stereocenters. The highest BCUT2D eigenvalue weighted by atomic mass is 32.2. The minimum Gasteiger partial charge on any atom is -0.389 e. The SMILES string of the molecule is Cc1ccc(CN2CC[C@]3(O)CCN(S(=O)(=O)N(C)C)C[C@@H]3C2)cc1. The van der Waals surface area contributed by atoms with Crippen molar-refractivity contribution in [2.24, 2.45) is 5.92 Å². The van der Waals surface area contributed by atoms with Gasteiger partial charge in [-0.1, -0.05) is 29.8 Å². The Morgan fingerprint density at radius 2 is 1.80 bits per heavy atom. The molecule has 3 rings (SSSR count). The van der Waals surface area contributed by atoms with Crippen LogP contribution < -0.4 is 0 Å². The van der Waals surface area contributed by atoms with Crippen LogP contribution >= 0.6 is 0 Å². The summed E-state index contributed by atoms with van der Waals surface area (Å²) in [5.41, 5.74) is 1.76. The lowest BCUT2D eigenvalue weighted by Gasteiger charge is -2.50.